The van der Waals surface area contributed by atoms with Gasteiger partial charge in [-0.05, 0) is 55.9 Å². The number of carbonyl (C=O) groups excluding carboxylic acids is 1. The van der Waals surface area contributed by atoms with E-state index >= 15 is 0 Å². The molecule has 0 atom stereocenters. The summed E-state index contributed by atoms with van der Waals surface area (Å²) < 4.78 is 0. The van der Waals surface area contributed by atoms with Gasteiger partial charge in [-0.2, -0.15) is 5.26 Å². The highest BCUT2D eigenvalue weighted by Crippen LogP contribution is 2.40. The van der Waals surface area contributed by atoms with Gasteiger partial charge >= 0.3 is 0 Å². The number of ketones is 1. The number of Topliss-reactive ketones (excluding diaryl/α,β-unsaturated/α-hetero) is 1. The van der Waals surface area contributed by atoms with Crippen LogP contribution >= 0.6 is 0 Å². The highest BCUT2D eigenvalue weighted by atomic mass is 16.1. The van der Waals surface area contributed by atoms with Crippen LogP contribution in [0.4, 0.5) is 0 Å². The molecule has 2 aromatic rings. The van der Waals surface area contributed by atoms with Crippen LogP contribution < -0.4 is 0 Å². The monoisotopic (exact) mass is 305 g/mol. The molecule has 1 aliphatic carbocycles. The second-order valence-corrected chi connectivity index (χ2v) is 6.24. The molecule has 1 aliphatic rings. The summed E-state index contributed by atoms with van der Waals surface area (Å²) in [5.41, 5.74) is 6.32. The largest absolute Gasteiger partial charge is 0.344 e. The molecule has 1 aromatic carbocycles. The van der Waals surface area contributed by atoms with E-state index < -0.39 is 0 Å². The summed E-state index contributed by atoms with van der Waals surface area (Å²) in [6.45, 7) is 6.13. The third-order valence-electron chi connectivity index (χ3n) is 4.81. The third kappa shape index (κ3) is 2.39. The zero-order chi connectivity index (χ0) is 16.7. The van der Waals surface area contributed by atoms with Crippen molar-refractivity contribution in [3.8, 4) is 17.2 Å². The number of rotatable bonds is 4. The summed E-state index contributed by atoms with van der Waals surface area (Å²) in [4.78, 5) is 15.7. The quantitative estimate of drug-likeness (QED) is 0.659. The summed E-state index contributed by atoms with van der Waals surface area (Å²) in [7, 11) is 0. The molecule has 23 heavy (non-hydrogen) atoms. The first kappa shape index (κ1) is 15.2. The second kappa shape index (κ2) is 5.51. The molecule has 0 bridgehead atoms. The lowest BCUT2D eigenvalue weighted by Gasteiger charge is -2.13. The predicted molar refractivity (Wildman–Crippen MR) is 90.1 cm³/mol. The van der Waals surface area contributed by atoms with Gasteiger partial charge in [0.15, 0.2) is 5.78 Å². The van der Waals surface area contributed by atoms with E-state index in [-0.39, 0.29) is 17.4 Å². The van der Waals surface area contributed by atoms with Crippen LogP contribution in [-0.2, 0) is 0 Å². The summed E-state index contributed by atoms with van der Waals surface area (Å²) >= 11 is 0. The highest BCUT2D eigenvalue weighted by Gasteiger charge is 2.35. The van der Waals surface area contributed by atoms with E-state index in [2.05, 4.69) is 24.9 Å². The van der Waals surface area contributed by atoms with Gasteiger partial charge in [-0.25, -0.2) is 0 Å². The van der Waals surface area contributed by atoms with Gasteiger partial charge in [0, 0.05) is 17.7 Å². The molecule has 116 valence electrons. The number of benzene rings is 1. The maximum Gasteiger partial charge on any atom is 0.169 e. The molecule has 0 amide bonds. The summed E-state index contributed by atoms with van der Waals surface area (Å²) in [5, 5.41) is 17.1. The van der Waals surface area contributed by atoms with Crippen LogP contribution in [0.5, 0.6) is 0 Å². The van der Waals surface area contributed by atoms with E-state index in [0.29, 0.717) is 16.8 Å². The van der Waals surface area contributed by atoms with Crippen LogP contribution in [0.2, 0.25) is 0 Å². The van der Waals surface area contributed by atoms with E-state index in [1.54, 1.807) is 0 Å². The van der Waals surface area contributed by atoms with Crippen molar-refractivity contribution in [2.24, 2.45) is 5.92 Å². The molecule has 0 aliphatic heterocycles. The van der Waals surface area contributed by atoms with Crippen molar-refractivity contribution in [2.75, 3.05) is 0 Å². The fourth-order valence-electron chi connectivity index (χ4n) is 3.01. The Kier molecular flexibility index (Phi) is 3.65. The van der Waals surface area contributed by atoms with Crippen molar-refractivity contribution in [1.82, 2.24) is 4.98 Å². The molecule has 3 rings (SSSR count). The molecule has 1 fully saturated rings. The van der Waals surface area contributed by atoms with Gasteiger partial charge in [0.2, 0.25) is 0 Å². The number of hydrogen-bond acceptors (Lipinski definition) is 3. The predicted octanol–water partition coefficient (Wildman–Crippen LogP) is 4.07. The maximum atomic E-state index is 12.7. The number of H-pyrrole nitrogens is 1. The minimum absolute atomic E-state index is 0.0264. The average molecular weight is 305 g/mol. The van der Waals surface area contributed by atoms with Gasteiger partial charge < -0.3 is 10.4 Å². The van der Waals surface area contributed by atoms with Crippen LogP contribution in [-0.4, -0.2) is 17.0 Å². The van der Waals surface area contributed by atoms with Crippen LogP contribution in [0.3, 0.4) is 0 Å². The number of aromatic amines is 1. The molecule has 1 heterocycles. The number of nitriles is 1. The first-order valence-corrected chi connectivity index (χ1v) is 7.77. The van der Waals surface area contributed by atoms with Gasteiger partial charge in [0.05, 0.1) is 11.3 Å². The van der Waals surface area contributed by atoms with E-state index in [0.717, 1.165) is 24.0 Å². The topological polar surface area (TPSA) is 80.5 Å². The number of nitrogens with one attached hydrogen (secondary N) is 2. The lowest BCUT2D eigenvalue weighted by Crippen LogP contribution is -2.05. The van der Waals surface area contributed by atoms with E-state index in [1.165, 1.54) is 17.3 Å². The lowest BCUT2D eigenvalue weighted by atomic mass is 9.89. The van der Waals surface area contributed by atoms with Crippen molar-refractivity contribution in [2.45, 2.75) is 33.6 Å². The van der Waals surface area contributed by atoms with Crippen molar-refractivity contribution >= 4 is 12.0 Å². The molecule has 4 heteroatoms. The number of nitrogens with zero attached hydrogens (tertiary/aromatic N) is 1. The second-order valence-electron chi connectivity index (χ2n) is 6.24. The van der Waals surface area contributed by atoms with Crippen LogP contribution in [0.15, 0.2) is 12.1 Å². The van der Waals surface area contributed by atoms with Gasteiger partial charge in [-0.1, -0.05) is 12.1 Å². The van der Waals surface area contributed by atoms with Crippen molar-refractivity contribution in [3.05, 3.63) is 45.8 Å². The highest BCUT2D eigenvalue weighted by molar-refractivity contribution is 6.10. The van der Waals surface area contributed by atoms with Crippen molar-refractivity contribution < 1.29 is 4.79 Å². The summed E-state index contributed by atoms with van der Waals surface area (Å²) in [6.07, 6.45) is 2.97. The number of carbonyl (C=O) groups is 1. The zero-order valence-electron chi connectivity index (χ0n) is 13.6. The lowest BCUT2D eigenvalue weighted by molar-refractivity contribution is 0.0968. The minimum atomic E-state index is 0.0264. The molecule has 4 nitrogen and oxygen atoms in total. The van der Waals surface area contributed by atoms with Gasteiger partial charge in [-0.15, -0.1) is 0 Å². The molecule has 1 aromatic heterocycles. The van der Waals surface area contributed by atoms with E-state index in [1.807, 2.05) is 19.1 Å². The Morgan fingerprint density at radius 1 is 1.30 bits per heavy atom. The summed E-state index contributed by atoms with van der Waals surface area (Å²) in [5.74, 6) is 0.0561. The number of aryl methyl sites for hydroxylation is 1. The smallest absolute Gasteiger partial charge is 0.169 e. The Balaban J connectivity index is 2.32. The molecule has 1 saturated carbocycles. The number of hydrogen-bond donors (Lipinski definition) is 2. The SMILES string of the molecule is Cc1ccc(-c2c(C=N)[nH]c(C#N)c2C(=O)C2CC2)c(C)c1C. The van der Waals surface area contributed by atoms with E-state index in [9.17, 15) is 10.1 Å². The van der Waals surface area contributed by atoms with Crippen molar-refractivity contribution in [3.63, 3.8) is 0 Å². The molecule has 2 N–H and O–H groups in total. The average Bonchev–Trinajstić information content (AvgIpc) is 3.33. The minimum Gasteiger partial charge on any atom is -0.344 e. The Hall–Kier alpha value is -2.67. The van der Waals surface area contributed by atoms with Crippen molar-refractivity contribution in [1.29, 1.82) is 10.7 Å². The fraction of sp³-hybridized carbons (Fsp3) is 0.316. The summed E-state index contributed by atoms with van der Waals surface area (Å²) in [6, 6.07) is 6.10. The van der Waals surface area contributed by atoms with Gasteiger partial charge in [0.1, 0.15) is 11.8 Å². The first-order valence-electron chi connectivity index (χ1n) is 7.77. The molecule has 0 spiro atoms. The van der Waals surface area contributed by atoms with Crippen LogP contribution in [0, 0.1) is 43.4 Å². The number of aromatic nitrogens is 1. The van der Waals surface area contributed by atoms with Gasteiger partial charge in [-0.3, -0.25) is 4.79 Å². The molecule has 0 unspecified atom stereocenters. The molecule has 0 saturated heterocycles. The van der Waals surface area contributed by atoms with E-state index in [4.69, 9.17) is 5.41 Å². The Morgan fingerprint density at radius 2 is 2.00 bits per heavy atom. The maximum absolute atomic E-state index is 12.7. The Bertz CT molecular complexity index is 864. The standard InChI is InChI=1S/C19H19N3O/c1-10-4-7-14(12(3)11(10)2)17-15(8-20)22-16(9-21)18(17)19(23)13-5-6-13/h4,7-8,13,20,22H,5-6H2,1-3H3. The zero-order valence-corrected chi connectivity index (χ0v) is 13.6. The van der Waals surface area contributed by atoms with Crippen LogP contribution in [0.1, 0.15) is 51.3 Å². The fourth-order valence-corrected chi connectivity index (χ4v) is 3.01. The first-order chi connectivity index (χ1) is 11.0. The normalized spacial score (nSPS) is 13.7. The Morgan fingerprint density at radius 3 is 2.57 bits per heavy atom. The molecular formula is C19H19N3O. The molecular weight excluding hydrogens is 286 g/mol. The molecule has 0 radical (unpaired) electrons. The third-order valence-corrected chi connectivity index (χ3v) is 4.81. The van der Waals surface area contributed by atoms with Gasteiger partial charge in [0.25, 0.3) is 0 Å². The Labute approximate surface area is 135 Å². The van der Waals surface area contributed by atoms with Crippen LogP contribution in [0.25, 0.3) is 11.1 Å².